The molecule has 0 radical (unpaired) electrons. The minimum atomic E-state index is -0.454. The molecule has 0 saturated carbocycles. The van der Waals surface area contributed by atoms with Gasteiger partial charge in [0.2, 0.25) is 0 Å². The Bertz CT molecular complexity index is 617. The van der Waals surface area contributed by atoms with Crippen LogP contribution in [0.25, 0.3) is 0 Å². The molecule has 0 aliphatic heterocycles. The van der Waals surface area contributed by atoms with Gasteiger partial charge in [-0.3, -0.25) is 10.1 Å². The third-order valence-electron chi connectivity index (χ3n) is 2.62. The molecule has 2 aromatic rings. The number of nitro groups is 1. The molecule has 0 unspecified atom stereocenters. The van der Waals surface area contributed by atoms with Gasteiger partial charge in [-0.05, 0) is 32.0 Å². The topological polar surface area (TPSA) is 90.2 Å². The maximum absolute atomic E-state index is 11.0. The standard InChI is InChI=1S/C14H16N4O3/c1-10(2)21-14-8-11(5-6-13(14)18(19)20)15-9-12-4-3-7-16-17-12/h3-8,10,15H,9H2,1-2H3. The van der Waals surface area contributed by atoms with E-state index in [1.54, 1.807) is 24.4 Å². The van der Waals surface area contributed by atoms with Crippen molar-refractivity contribution in [2.45, 2.75) is 26.5 Å². The van der Waals surface area contributed by atoms with Crippen LogP contribution in [0.3, 0.4) is 0 Å². The van der Waals surface area contributed by atoms with E-state index in [9.17, 15) is 10.1 Å². The summed E-state index contributed by atoms with van der Waals surface area (Å²) in [5.74, 6) is 0.249. The van der Waals surface area contributed by atoms with Crippen LogP contribution in [0.4, 0.5) is 11.4 Å². The number of hydrogen-bond donors (Lipinski definition) is 1. The largest absolute Gasteiger partial charge is 0.484 e. The Hall–Kier alpha value is -2.70. The fourth-order valence-corrected chi connectivity index (χ4v) is 1.74. The molecule has 1 heterocycles. The van der Waals surface area contributed by atoms with Crippen LogP contribution in [-0.4, -0.2) is 21.2 Å². The van der Waals surface area contributed by atoms with Crippen molar-refractivity contribution in [3.8, 4) is 5.75 Å². The Balaban J connectivity index is 2.15. The summed E-state index contributed by atoms with van der Waals surface area (Å²) >= 11 is 0. The molecule has 21 heavy (non-hydrogen) atoms. The summed E-state index contributed by atoms with van der Waals surface area (Å²) in [6, 6.07) is 8.33. The Kier molecular flexibility index (Phi) is 4.65. The summed E-state index contributed by atoms with van der Waals surface area (Å²) in [6.07, 6.45) is 1.46. The highest BCUT2D eigenvalue weighted by molar-refractivity contribution is 5.58. The van der Waals surface area contributed by atoms with E-state index in [0.717, 1.165) is 11.4 Å². The van der Waals surface area contributed by atoms with Crippen LogP contribution in [0.1, 0.15) is 19.5 Å². The fraction of sp³-hybridized carbons (Fsp3) is 0.286. The van der Waals surface area contributed by atoms with Gasteiger partial charge in [0.05, 0.1) is 23.3 Å². The van der Waals surface area contributed by atoms with Crippen LogP contribution in [0.5, 0.6) is 5.75 Å². The normalized spacial score (nSPS) is 10.4. The van der Waals surface area contributed by atoms with Crippen LogP contribution in [0.15, 0.2) is 36.5 Å². The van der Waals surface area contributed by atoms with E-state index in [0.29, 0.717) is 6.54 Å². The Labute approximate surface area is 122 Å². The number of nitrogens with zero attached hydrogens (tertiary/aromatic N) is 3. The molecule has 0 aliphatic rings. The Morgan fingerprint density at radius 3 is 2.81 bits per heavy atom. The van der Waals surface area contributed by atoms with Crippen molar-refractivity contribution < 1.29 is 9.66 Å². The second-order valence-electron chi connectivity index (χ2n) is 4.67. The molecular weight excluding hydrogens is 272 g/mol. The molecule has 0 bridgehead atoms. The maximum Gasteiger partial charge on any atom is 0.311 e. The van der Waals surface area contributed by atoms with Gasteiger partial charge in [-0.1, -0.05) is 0 Å². The predicted molar refractivity (Wildman–Crippen MR) is 78.2 cm³/mol. The van der Waals surface area contributed by atoms with Gasteiger partial charge in [0, 0.05) is 24.0 Å². The van der Waals surface area contributed by atoms with E-state index >= 15 is 0 Å². The molecule has 7 heteroatoms. The summed E-state index contributed by atoms with van der Waals surface area (Å²) in [5.41, 5.74) is 1.46. The van der Waals surface area contributed by atoms with E-state index in [4.69, 9.17) is 4.74 Å². The van der Waals surface area contributed by atoms with Gasteiger partial charge in [-0.25, -0.2) is 0 Å². The quantitative estimate of drug-likeness (QED) is 0.649. The molecule has 2 rings (SSSR count). The number of nitro benzene ring substituents is 1. The average Bonchev–Trinajstić information content (AvgIpc) is 2.45. The lowest BCUT2D eigenvalue weighted by molar-refractivity contribution is -0.386. The second kappa shape index (κ2) is 6.65. The Morgan fingerprint density at radius 1 is 1.38 bits per heavy atom. The molecule has 0 spiro atoms. The number of rotatable bonds is 6. The van der Waals surface area contributed by atoms with E-state index < -0.39 is 4.92 Å². The molecular formula is C14H16N4O3. The third-order valence-corrected chi connectivity index (χ3v) is 2.62. The highest BCUT2D eigenvalue weighted by atomic mass is 16.6. The van der Waals surface area contributed by atoms with E-state index in [-0.39, 0.29) is 17.5 Å². The molecule has 110 valence electrons. The number of aromatic nitrogens is 2. The molecule has 7 nitrogen and oxygen atoms in total. The zero-order valence-corrected chi connectivity index (χ0v) is 11.8. The average molecular weight is 288 g/mol. The number of ether oxygens (including phenoxy) is 1. The number of hydrogen-bond acceptors (Lipinski definition) is 6. The van der Waals surface area contributed by atoms with Crippen LogP contribution in [0, 0.1) is 10.1 Å². The van der Waals surface area contributed by atoms with Crippen molar-refractivity contribution in [1.82, 2.24) is 10.2 Å². The summed E-state index contributed by atoms with van der Waals surface area (Å²) in [7, 11) is 0. The zero-order chi connectivity index (χ0) is 15.2. The van der Waals surface area contributed by atoms with Gasteiger partial charge < -0.3 is 10.1 Å². The summed E-state index contributed by atoms with van der Waals surface area (Å²) in [5, 5.41) is 21.9. The number of benzene rings is 1. The van der Waals surface area contributed by atoms with Crippen LogP contribution >= 0.6 is 0 Å². The van der Waals surface area contributed by atoms with Gasteiger partial charge in [0.1, 0.15) is 0 Å². The van der Waals surface area contributed by atoms with Crippen molar-refractivity contribution in [3.05, 3.63) is 52.3 Å². The van der Waals surface area contributed by atoms with Gasteiger partial charge in [0.15, 0.2) is 5.75 Å². The SMILES string of the molecule is CC(C)Oc1cc(NCc2cccnn2)ccc1[N+](=O)[O-]. The maximum atomic E-state index is 11.0. The van der Waals surface area contributed by atoms with Crippen molar-refractivity contribution in [3.63, 3.8) is 0 Å². The zero-order valence-electron chi connectivity index (χ0n) is 11.8. The highest BCUT2D eigenvalue weighted by Crippen LogP contribution is 2.31. The lowest BCUT2D eigenvalue weighted by Gasteiger charge is -2.12. The van der Waals surface area contributed by atoms with E-state index in [1.165, 1.54) is 6.07 Å². The number of nitrogens with one attached hydrogen (secondary N) is 1. The molecule has 1 N–H and O–H groups in total. The van der Waals surface area contributed by atoms with Gasteiger partial charge >= 0.3 is 5.69 Å². The Morgan fingerprint density at radius 2 is 2.19 bits per heavy atom. The molecule has 0 fully saturated rings. The first kappa shape index (κ1) is 14.7. The van der Waals surface area contributed by atoms with E-state index in [2.05, 4.69) is 15.5 Å². The molecule has 0 atom stereocenters. The molecule has 0 amide bonds. The first-order valence-electron chi connectivity index (χ1n) is 6.52. The molecule has 1 aromatic heterocycles. The van der Waals surface area contributed by atoms with Crippen molar-refractivity contribution in [2.24, 2.45) is 0 Å². The van der Waals surface area contributed by atoms with Gasteiger partial charge in [0.25, 0.3) is 0 Å². The second-order valence-corrected chi connectivity index (χ2v) is 4.67. The smallest absolute Gasteiger partial charge is 0.311 e. The summed E-state index contributed by atoms with van der Waals surface area (Å²) in [4.78, 5) is 10.5. The monoisotopic (exact) mass is 288 g/mol. The van der Waals surface area contributed by atoms with Gasteiger partial charge in [-0.15, -0.1) is 0 Å². The predicted octanol–water partition coefficient (Wildman–Crippen LogP) is 2.78. The lowest BCUT2D eigenvalue weighted by atomic mass is 10.2. The first-order chi connectivity index (χ1) is 10.1. The lowest BCUT2D eigenvalue weighted by Crippen LogP contribution is -2.08. The minimum absolute atomic E-state index is 0.0475. The molecule has 0 aliphatic carbocycles. The van der Waals surface area contributed by atoms with Gasteiger partial charge in [-0.2, -0.15) is 10.2 Å². The number of anilines is 1. The van der Waals surface area contributed by atoms with E-state index in [1.807, 2.05) is 19.9 Å². The fourth-order valence-electron chi connectivity index (χ4n) is 1.74. The molecule has 0 saturated heterocycles. The first-order valence-corrected chi connectivity index (χ1v) is 6.52. The van der Waals surface area contributed by atoms with Crippen molar-refractivity contribution in [1.29, 1.82) is 0 Å². The van der Waals surface area contributed by atoms with Crippen LogP contribution < -0.4 is 10.1 Å². The highest BCUT2D eigenvalue weighted by Gasteiger charge is 2.16. The van der Waals surface area contributed by atoms with Crippen molar-refractivity contribution in [2.75, 3.05) is 5.32 Å². The molecule has 1 aromatic carbocycles. The van der Waals surface area contributed by atoms with Crippen LogP contribution in [-0.2, 0) is 6.54 Å². The minimum Gasteiger partial charge on any atom is -0.484 e. The third kappa shape index (κ3) is 4.13. The summed E-state index contributed by atoms with van der Waals surface area (Å²) in [6.45, 7) is 4.12. The van der Waals surface area contributed by atoms with Crippen LogP contribution in [0.2, 0.25) is 0 Å². The summed E-state index contributed by atoms with van der Waals surface area (Å²) < 4.78 is 5.49. The van der Waals surface area contributed by atoms with Crippen molar-refractivity contribution >= 4 is 11.4 Å².